The molecule has 2 aliphatic rings. The van der Waals surface area contributed by atoms with E-state index >= 15 is 0 Å². The maximum Gasteiger partial charge on any atom is 0.333 e. The van der Waals surface area contributed by atoms with Gasteiger partial charge in [0.25, 0.3) is 0 Å². The Hall–Kier alpha value is -1.46. The molecule has 0 amide bonds. The molecule has 0 saturated heterocycles. The fourth-order valence-electron chi connectivity index (χ4n) is 5.62. The molecule has 4 atom stereocenters. The van der Waals surface area contributed by atoms with Gasteiger partial charge in [-0.2, -0.15) is 0 Å². The molecule has 212 valence electrons. The van der Waals surface area contributed by atoms with Crippen LogP contribution in [0.15, 0.2) is 48.5 Å². The number of rotatable bonds is 12. The van der Waals surface area contributed by atoms with Gasteiger partial charge in [0.1, 0.15) is 5.75 Å². The van der Waals surface area contributed by atoms with Crippen LogP contribution in [-0.2, 0) is 27.2 Å². The van der Waals surface area contributed by atoms with Crippen molar-refractivity contribution >= 4 is 15.2 Å². The van der Waals surface area contributed by atoms with E-state index in [1.165, 1.54) is 52.4 Å². The quantitative estimate of drug-likeness (QED) is 0.259. The first-order valence-corrected chi connectivity index (χ1v) is 16.5. The summed E-state index contributed by atoms with van der Waals surface area (Å²) in [6.45, 7) is 5.98. The first-order chi connectivity index (χ1) is 18.0. The Kier molecular flexibility index (Phi) is 10.8. The van der Waals surface area contributed by atoms with Crippen molar-refractivity contribution in [3.05, 3.63) is 65.2 Å². The number of phenols is 1. The molecule has 2 fully saturated rings. The van der Waals surface area contributed by atoms with Crippen LogP contribution < -0.4 is 0 Å². The van der Waals surface area contributed by atoms with Crippen molar-refractivity contribution in [3.8, 4) is 5.75 Å². The summed E-state index contributed by atoms with van der Waals surface area (Å²) >= 11 is 0. The maximum absolute atomic E-state index is 12.6. The molecule has 0 spiro atoms. The zero-order valence-corrected chi connectivity index (χ0v) is 25.5. The molecule has 0 heterocycles. The molecule has 7 nitrogen and oxygen atoms in total. The molecule has 4 rings (SSSR count). The third-order valence-corrected chi connectivity index (χ3v) is 12.7. The highest BCUT2D eigenvalue weighted by Gasteiger charge is 2.45. The van der Waals surface area contributed by atoms with Crippen molar-refractivity contribution in [3.63, 3.8) is 0 Å². The van der Waals surface area contributed by atoms with Crippen LogP contribution in [0.4, 0.5) is 0 Å². The molecule has 9 heteroatoms. The van der Waals surface area contributed by atoms with Gasteiger partial charge in [-0.25, -0.2) is 0 Å². The van der Waals surface area contributed by atoms with Gasteiger partial charge < -0.3 is 23.2 Å². The molecule has 38 heavy (non-hydrogen) atoms. The molecular weight excluding hydrogens is 522 g/mol. The minimum absolute atomic E-state index is 0.0952. The lowest BCUT2D eigenvalue weighted by Crippen LogP contribution is -2.19. The number of hydrogen-bond acceptors (Lipinski definition) is 7. The zero-order chi connectivity index (χ0) is 28.1. The van der Waals surface area contributed by atoms with Crippen molar-refractivity contribution < 1.29 is 32.3 Å². The first kappa shape index (κ1) is 31.1. The number of hydrogen-bond donors (Lipinski definition) is 1. The summed E-state index contributed by atoms with van der Waals surface area (Å²) in [5.41, 5.74) is 3.15. The van der Waals surface area contributed by atoms with Crippen LogP contribution in [0, 0.1) is 18.8 Å². The van der Waals surface area contributed by atoms with E-state index in [0.29, 0.717) is 11.8 Å². The van der Waals surface area contributed by atoms with E-state index in [1.54, 1.807) is 12.1 Å². The van der Waals surface area contributed by atoms with Crippen molar-refractivity contribution in [1.29, 1.82) is 0 Å². The number of phenolic OH excluding ortho intramolecular Hbond substituents is 1. The largest absolute Gasteiger partial charge is 0.508 e. The van der Waals surface area contributed by atoms with Gasteiger partial charge in [-0.05, 0) is 67.7 Å². The highest BCUT2D eigenvalue weighted by Crippen LogP contribution is 2.61. The van der Waals surface area contributed by atoms with Crippen molar-refractivity contribution in [1.82, 2.24) is 0 Å². The molecule has 4 unspecified atom stereocenters. The van der Waals surface area contributed by atoms with E-state index in [-0.39, 0.29) is 28.9 Å². The summed E-state index contributed by atoms with van der Waals surface area (Å²) in [5, 5.41) is 9.63. The van der Waals surface area contributed by atoms with E-state index in [0.717, 1.165) is 18.4 Å². The SMILES string of the molecule is COP(=O)(OC)C(C)C(c1cccc(C)c1)C1CC1.COP(=O)(OC)C(C)C(c1cccc(O)c1)C1CC1. The Balaban J connectivity index is 0.000000211. The first-order valence-electron chi connectivity index (χ1n) is 13.3. The Labute approximate surface area is 228 Å². The minimum atomic E-state index is -3.10. The Morgan fingerprint density at radius 3 is 1.45 bits per heavy atom. The van der Waals surface area contributed by atoms with Crippen LogP contribution in [0.5, 0.6) is 5.75 Å². The van der Waals surface area contributed by atoms with Gasteiger partial charge in [0, 0.05) is 40.3 Å². The Morgan fingerprint density at radius 1 is 0.711 bits per heavy atom. The molecule has 0 bridgehead atoms. The van der Waals surface area contributed by atoms with Gasteiger partial charge >= 0.3 is 15.2 Å². The van der Waals surface area contributed by atoms with E-state index in [2.05, 4.69) is 31.2 Å². The lowest BCUT2D eigenvalue weighted by atomic mass is 9.90. The normalized spacial score (nSPS) is 19.1. The van der Waals surface area contributed by atoms with Gasteiger partial charge in [-0.15, -0.1) is 0 Å². The number of benzene rings is 2. The molecular formula is C29H44O7P2. The summed E-state index contributed by atoms with van der Waals surface area (Å²) in [6.07, 6.45) is 4.66. The molecule has 2 aliphatic carbocycles. The van der Waals surface area contributed by atoms with Gasteiger partial charge in [-0.3, -0.25) is 9.13 Å². The van der Waals surface area contributed by atoms with E-state index in [4.69, 9.17) is 18.1 Å². The maximum atomic E-state index is 12.6. The standard InChI is InChI=1S/C15H23O3P.C14H21O4P/c1-11-6-5-7-14(10-11)15(13-8-9-13)12(2)19(16,17-3)18-4;1-10(19(16,17-2)18-3)14(11-7-8-11)12-5-4-6-13(15)9-12/h5-7,10,12-13,15H,8-9H2,1-4H3;4-6,9-11,14-15H,7-8H2,1-3H3. The molecule has 0 aromatic heterocycles. The predicted molar refractivity (Wildman–Crippen MR) is 152 cm³/mol. The molecule has 1 N–H and O–H groups in total. The predicted octanol–water partition coefficient (Wildman–Crippen LogP) is 8.12. The van der Waals surface area contributed by atoms with Gasteiger partial charge in [0.15, 0.2) is 0 Å². The lowest BCUT2D eigenvalue weighted by molar-refractivity contribution is 0.259. The van der Waals surface area contributed by atoms with E-state index in [9.17, 15) is 14.2 Å². The fraction of sp³-hybridized carbons (Fsp3) is 0.586. The molecule has 2 saturated carbocycles. The summed E-state index contributed by atoms with van der Waals surface area (Å²) in [6, 6.07) is 15.6. The second-order valence-corrected chi connectivity index (χ2v) is 15.8. The summed E-state index contributed by atoms with van der Waals surface area (Å²) in [7, 11) is -0.333. The summed E-state index contributed by atoms with van der Waals surface area (Å²) in [5.74, 6) is 1.69. The van der Waals surface area contributed by atoms with Gasteiger partial charge in [0.2, 0.25) is 0 Å². The number of aromatic hydroxyl groups is 1. The van der Waals surface area contributed by atoms with E-state index in [1.807, 2.05) is 26.0 Å². The van der Waals surface area contributed by atoms with Crippen molar-refractivity contribution in [2.45, 2.75) is 69.6 Å². The average molecular weight is 567 g/mol. The third-order valence-electron chi connectivity index (χ3n) is 8.00. The van der Waals surface area contributed by atoms with Gasteiger partial charge in [-0.1, -0.05) is 55.8 Å². The molecule has 2 aromatic carbocycles. The van der Waals surface area contributed by atoms with Crippen molar-refractivity contribution in [2.24, 2.45) is 11.8 Å². The Bertz CT molecular complexity index is 1040. The summed E-state index contributed by atoms with van der Waals surface area (Å²) < 4.78 is 45.9. The smallest absolute Gasteiger partial charge is 0.333 e. The second-order valence-electron chi connectivity index (χ2n) is 10.5. The van der Waals surface area contributed by atoms with Gasteiger partial charge in [0.05, 0.1) is 11.3 Å². The van der Waals surface area contributed by atoms with Crippen LogP contribution in [0.3, 0.4) is 0 Å². The lowest BCUT2D eigenvalue weighted by Gasteiger charge is -2.29. The van der Waals surface area contributed by atoms with Crippen LogP contribution in [-0.4, -0.2) is 44.9 Å². The highest BCUT2D eigenvalue weighted by molar-refractivity contribution is 7.54. The van der Waals surface area contributed by atoms with Crippen molar-refractivity contribution in [2.75, 3.05) is 28.4 Å². The number of aryl methyl sites for hydroxylation is 1. The minimum Gasteiger partial charge on any atom is -0.508 e. The van der Waals surface area contributed by atoms with Crippen LogP contribution in [0.1, 0.15) is 68.1 Å². The highest BCUT2D eigenvalue weighted by atomic mass is 31.2. The third kappa shape index (κ3) is 7.38. The van der Waals surface area contributed by atoms with Crippen LogP contribution in [0.2, 0.25) is 0 Å². The fourth-order valence-corrected chi connectivity index (χ4v) is 8.86. The van der Waals surface area contributed by atoms with Crippen LogP contribution >= 0.6 is 15.2 Å². The zero-order valence-electron chi connectivity index (χ0n) is 23.7. The Morgan fingerprint density at radius 2 is 1.11 bits per heavy atom. The van der Waals surface area contributed by atoms with E-state index < -0.39 is 15.2 Å². The topological polar surface area (TPSA) is 91.3 Å². The molecule has 2 aromatic rings. The monoisotopic (exact) mass is 566 g/mol. The average Bonchev–Trinajstić information content (AvgIpc) is 3.84. The van der Waals surface area contributed by atoms with Crippen LogP contribution in [0.25, 0.3) is 0 Å². The molecule has 0 radical (unpaired) electrons. The second kappa shape index (κ2) is 13.3. The summed E-state index contributed by atoms with van der Waals surface area (Å²) in [4.78, 5) is 0. The molecule has 0 aliphatic heterocycles.